The smallest absolute Gasteiger partial charge is 0.200 e. The molecule has 0 aliphatic rings. The van der Waals surface area contributed by atoms with Gasteiger partial charge in [0, 0.05) is 5.56 Å². The van der Waals surface area contributed by atoms with Gasteiger partial charge in [0.05, 0.1) is 4.47 Å². The summed E-state index contributed by atoms with van der Waals surface area (Å²) in [5.74, 6) is 0.624. The molecule has 3 heteroatoms. The highest BCUT2D eigenvalue weighted by molar-refractivity contribution is 9.10. The highest BCUT2D eigenvalue weighted by Crippen LogP contribution is 2.30. The number of hydrogen-bond acceptors (Lipinski definition) is 2. The second kappa shape index (κ2) is 7.25. The van der Waals surface area contributed by atoms with Gasteiger partial charge in [-0.3, -0.25) is 4.79 Å². The van der Waals surface area contributed by atoms with Crippen molar-refractivity contribution in [3.05, 3.63) is 88.9 Å². The topological polar surface area (TPSA) is 26.3 Å². The molecule has 3 aromatic carbocycles. The fraction of sp³-hybridized carbons (Fsp3) is 0.0500. The molecule has 0 saturated carbocycles. The standard InChI is InChI=1S/C20H15BrO2/c21-18-13-17(15-7-3-1-4-8-15)11-12-20(18)23-14-19(22)16-9-5-2-6-10-16/h1-13H,14H2. The van der Waals surface area contributed by atoms with Gasteiger partial charge in [0.1, 0.15) is 5.75 Å². The molecule has 0 atom stereocenters. The normalized spacial score (nSPS) is 10.3. The lowest BCUT2D eigenvalue weighted by Crippen LogP contribution is -2.11. The number of ether oxygens (including phenoxy) is 1. The van der Waals surface area contributed by atoms with Crippen molar-refractivity contribution in [3.8, 4) is 16.9 Å². The van der Waals surface area contributed by atoms with Crippen molar-refractivity contribution in [1.29, 1.82) is 0 Å². The fourth-order valence-corrected chi connectivity index (χ4v) is 2.77. The molecule has 0 fully saturated rings. The Morgan fingerprint density at radius 1 is 0.826 bits per heavy atom. The zero-order valence-corrected chi connectivity index (χ0v) is 14.0. The van der Waals surface area contributed by atoms with Gasteiger partial charge >= 0.3 is 0 Å². The Bertz CT molecular complexity index is 798. The number of carbonyl (C=O) groups is 1. The molecule has 0 aliphatic heterocycles. The van der Waals surface area contributed by atoms with Crippen LogP contribution < -0.4 is 4.74 Å². The summed E-state index contributed by atoms with van der Waals surface area (Å²) in [6.45, 7) is 0.0211. The van der Waals surface area contributed by atoms with Gasteiger partial charge < -0.3 is 4.74 Å². The highest BCUT2D eigenvalue weighted by atomic mass is 79.9. The lowest BCUT2D eigenvalue weighted by Gasteiger charge is -2.09. The van der Waals surface area contributed by atoms with Crippen molar-refractivity contribution in [2.75, 3.05) is 6.61 Å². The maximum Gasteiger partial charge on any atom is 0.200 e. The Hall–Kier alpha value is -2.39. The second-order valence-corrected chi connectivity index (χ2v) is 5.94. The molecule has 114 valence electrons. The summed E-state index contributed by atoms with van der Waals surface area (Å²) >= 11 is 3.51. The molecular formula is C20H15BrO2. The number of Topliss-reactive ketones (excluding diaryl/α,β-unsaturated/α-hetero) is 1. The maximum absolute atomic E-state index is 12.1. The number of carbonyl (C=O) groups excluding carboxylic acids is 1. The molecule has 23 heavy (non-hydrogen) atoms. The van der Waals surface area contributed by atoms with Crippen LogP contribution in [-0.4, -0.2) is 12.4 Å². The van der Waals surface area contributed by atoms with Gasteiger partial charge in [-0.15, -0.1) is 0 Å². The van der Waals surface area contributed by atoms with Gasteiger partial charge in [-0.25, -0.2) is 0 Å². The van der Waals surface area contributed by atoms with Gasteiger partial charge in [-0.1, -0.05) is 66.7 Å². The van der Waals surface area contributed by atoms with Crippen LogP contribution in [0.25, 0.3) is 11.1 Å². The molecule has 0 bridgehead atoms. The van der Waals surface area contributed by atoms with Crippen LogP contribution in [0.2, 0.25) is 0 Å². The van der Waals surface area contributed by atoms with E-state index >= 15 is 0 Å². The Labute approximate surface area is 143 Å². The third-order valence-corrected chi connectivity index (χ3v) is 4.11. The molecule has 0 unspecified atom stereocenters. The van der Waals surface area contributed by atoms with Gasteiger partial charge in [0.2, 0.25) is 0 Å². The molecule has 0 aliphatic carbocycles. The first kappa shape index (κ1) is 15.5. The van der Waals surface area contributed by atoms with Gasteiger partial charge in [0.15, 0.2) is 12.4 Å². The Morgan fingerprint density at radius 2 is 1.48 bits per heavy atom. The largest absolute Gasteiger partial charge is 0.484 e. The van der Waals surface area contributed by atoms with Crippen LogP contribution in [0.1, 0.15) is 10.4 Å². The summed E-state index contributed by atoms with van der Waals surface area (Å²) in [7, 11) is 0. The van der Waals surface area contributed by atoms with Crippen molar-refractivity contribution < 1.29 is 9.53 Å². The Morgan fingerprint density at radius 3 is 2.13 bits per heavy atom. The summed E-state index contributed by atoms with van der Waals surface area (Å²) < 4.78 is 6.48. The van der Waals surface area contributed by atoms with Crippen molar-refractivity contribution in [1.82, 2.24) is 0 Å². The third kappa shape index (κ3) is 3.88. The van der Waals surface area contributed by atoms with Crippen molar-refractivity contribution >= 4 is 21.7 Å². The average molecular weight is 367 g/mol. The predicted octanol–water partition coefficient (Wildman–Crippen LogP) is 5.38. The van der Waals surface area contributed by atoms with Gasteiger partial charge in [0.25, 0.3) is 0 Å². The third-order valence-electron chi connectivity index (χ3n) is 3.49. The molecule has 0 aromatic heterocycles. The second-order valence-electron chi connectivity index (χ2n) is 5.09. The van der Waals surface area contributed by atoms with E-state index in [0.717, 1.165) is 15.6 Å². The van der Waals surface area contributed by atoms with E-state index in [2.05, 4.69) is 28.1 Å². The molecule has 0 heterocycles. The maximum atomic E-state index is 12.1. The van der Waals surface area contributed by atoms with Crippen LogP contribution in [0.4, 0.5) is 0 Å². The highest BCUT2D eigenvalue weighted by Gasteiger charge is 2.09. The Kier molecular flexibility index (Phi) is 4.89. The van der Waals surface area contributed by atoms with E-state index in [4.69, 9.17) is 4.74 Å². The molecule has 0 saturated heterocycles. The van der Waals surface area contributed by atoms with Crippen LogP contribution in [0.5, 0.6) is 5.75 Å². The summed E-state index contributed by atoms with van der Waals surface area (Å²) in [5.41, 5.74) is 2.89. The molecular weight excluding hydrogens is 352 g/mol. The number of halogens is 1. The molecule has 0 radical (unpaired) electrons. The number of rotatable bonds is 5. The minimum atomic E-state index is -0.0374. The lowest BCUT2D eigenvalue weighted by atomic mass is 10.1. The summed E-state index contributed by atoms with van der Waals surface area (Å²) in [4.78, 5) is 12.1. The molecule has 0 spiro atoms. The predicted molar refractivity (Wildman–Crippen MR) is 95.8 cm³/mol. The van der Waals surface area contributed by atoms with Crippen molar-refractivity contribution in [3.63, 3.8) is 0 Å². The zero-order valence-electron chi connectivity index (χ0n) is 12.4. The van der Waals surface area contributed by atoms with Crippen LogP contribution in [-0.2, 0) is 0 Å². The molecule has 0 amide bonds. The number of benzene rings is 3. The van der Waals surface area contributed by atoms with E-state index in [0.29, 0.717) is 11.3 Å². The molecule has 3 rings (SSSR count). The van der Waals surface area contributed by atoms with Crippen LogP contribution in [0.3, 0.4) is 0 Å². The first-order valence-electron chi connectivity index (χ1n) is 7.30. The summed E-state index contributed by atoms with van der Waals surface area (Å²) in [5, 5.41) is 0. The summed E-state index contributed by atoms with van der Waals surface area (Å²) in [6.07, 6.45) is 0. The average Bonchev–Trinajstić information content (AvgIpc) is 2.62. The Balaban J connectivity index is 1.71. The van der Waals surface area contributed by atoms with E-state index in [9.17, 15) is 4.79 Å². The number of hydrogen-bond donors (Lipinski definition) is 0. The zero-order chi connectivity index (χ0) is 16.1. The van der Waals surface area contributed by atoms with Gasteiger partial charge in [-0.2, -0.15) is 0 Å². The van der Waals surface area contributed by atoms with E-state index in [1.54, 1.807) is 12.1 Å². The molecule has 3 aromatic rings. The monoisotopic (exact) mass is 366 g/mol. The quantitative estimate of drug-likeness (QED) is 0.566. The van der Waals surface area contributed by atoms with Crippen LogP contribution in [0, 0.1) is 0 Å². The lowest BCUT2D eigenvalue weighted by molar-refractivity contribution is 0.0921. The van der Waals surface area contributed by atoms with E-state index < -0.39 is 0 Å². The molecule has 0 N–H and O–H groups in total. The van der Waals surface area contributed by atoms with Crippen molar-refractivity contribution in [2.45, 2.75) is 0 Å². The fourth-order valence-electron chi connectivity index (χ4n) is 2.28. The van der Waals surface area contributed by atoms with Gasteiger partial charge in [-0.05, 0) is 39.2 Å². The molecule has 2 nitrogen and oxygen atoms in total. The minimum absolute atomic E-state index is 0.0211. The first-order valence-corrected chi connectivity index (χ1v) is 8.09. The number of ketones is 1. The van der Waals surface area contributed by atoms with Crippen LogP contribution in [0.15, 0.2) is 83.3 Å². The van der Waals surface area contributed by atoms with E-state index in [-0.39, 0.29) is 12.4 Å². The van der Waals surface area contributed by atoms with Crippen molar-refractivity contribution in [2.24, 2.45) is 0 Å². The SMILES string of the molecule is O=C(COc1ccc(-c2ccccc2)cc1Br)c1ccccc1. The first-order chi connectivity index (χ1) is 11.2. The minimum Gasteiger partial charge on any atom is -0.484 e. The van der Waals surface area contributed by atoms with E-state index in [1.165, 1.54) is 0 Å². The summed E-state index contributed by atoms with van der Waals surface area (Å²) in [6, 6.07) is 25.1. The van der Waals surface area contributed by atoms with Crippen LogP contribution >= 0.6 is 15.9 Å². The van der Waals surface area contributed by atoms with E-state index in [1.807, 2.05) is 54.6 Å².